The molecule has 1 unspecified atom stereocenters. The van der Waals surface area contributed by atoms with Crippen LogP contribution in [0.15, 0.2) is 60.7 Å². The van der Waals surface area contributed by atoms with Gasteiger partial charge in [-0.05, 0) is 108 Å². The van der Waals surface area contributed by atoms with Gasteiger partial charge >= 0.3 is 0 Å². The number of Topliss-reactive ketones (excluding diaryl/α,β-unsaturated/α-hetero) is 2. The lowest BCUT2D eigenvalue weighted by atomic mass is 9.70. The van der Waals surface area contributed by atoms with Crippen molar-refractivity contribution in [2.75, 3.05) is 33.2 Å². The van der Waals surface area contributed by atoms with E-state index in [1.807, 2.05) is 36.4 Å². The molecule has 5 atom stereocenters. The molecule has 10 heteroatoms. The Hall–Kier alpha value is -3.44. The molecule has 52 heavy (non-hydrogen) atoms. The smallest absolute Gasteiger partial charge is 0.245 e. The number of nitrogens with zero attached hydrogens (tertiary/aromatic N) is 2. The first kappa shape index (κ1) is 39.8. The first-order valence-electron chi connectivity index (χ1n) is 19.9. The van der Waals surface area contributed by atoms with Crippen LogP contribution in [0, 0.1) is 17.8 Å². The number of unbranched alkanes of at least 4 members (excludes halogenated alkanes) is 1. The van der Waals surface area contributed by atoms with Crippen LogP contribution in [0.1, 0.15) is 88.2 Å². The maximum absolute atomic E-state index is 14.8. The molecule has 3 aliphatic rings. The zero-order valence-electron chi connectivity index (χ0n) is 31.2. The van der Waals surface area contributed by atoms with Gasteiger partial charge in [0.25, 0.3) is 0 Å². The Labute approximate surface area is 310 Å². The summed E-state index contributed by atoms with van der Waals surface area (Å²) in [5.41, 5.74) is 15.0. The van der Waals surface area contributed by atoms with Crippen molar-refractivity contribution >= 4 is 23.4 Å². The normalized spacial score (nSPS) is 21.3. The molecule has 3 fully saturated rings. The molecule has 0 spiro atoms. The number of ketones is 2. The van der Waals surface area contributed by atoms with Crippen LogP contribution in [-0.4, -0.2) is 90.6 Å². The predicted octanol–water partition coefficient (Wildman–Crippen LogP) is 4.00. The Bertz CT molecular complexity index is 1430. The molecule has 0 aromatic heterocycles. The number of hydrogen-bond donors (Lipinski definition) is 4. The van der Waals surface area contributed by atoms with Gasteiger partial charge < -0.3 is 27.0 Å². The molecule has 0 bridgehead atoms. The molecular formula is C42H62N6O4. The zero-order valence-corrected chi connectivity index (χ0v) is 31.2. The Kier molecular flexibility index (Phi) is 15.4. The highest BCUT2D eigenvalue weighted by Gasteiger charge is 2.46. The van der Waals surface area contributed by atoms with E-state index < -0.39 is 30.1 Å². The Morgan fingerprint density at radius 3 is 2.06 bits per heavy atom. The fourth-order valence-corrected chi connectivity index (χ4v) is 8.81. The molecule has 5 rings (SSSR count). The molecule has 2 amide bonds. The fourth-order valence-electron chi connectivity index (χ4n) is 8.81. The first-order valence-corrected chi connectivity index (χ1v) is 19.9. The molecule has 2 aromatic rings. The van der Waals surface area contributed by atoms with Crippen molar-refractivity contribution in [2.24, 2.45) is 29.2 Å². The first-order chi connectivity index (χ1) is 25.3. The maximum Gasteiger partial charge on any atom is 0.245 e. The van der Waals surface area contributed by atoms with E-state index in [0.29, 0.717) is 45.2 Å². The lowest BCUT2D eigenvalue weighted by molar-refractivity contribution is -0.144. The summed E-state index contributed by atoms with van der Waals surface area (Å²) in [6.07, 6.45) is 9.95. The van der Waals surface area contributed by atoms with Crippen molar-refractivity contribution in [3.63, 3.8) is 0 Å². The van der Waals surface area contributed by atoms with Crippen LogP contribution < -0.4 is 22.1 Å². The van der Waals surface area contributed by atoms with Crippen LogP contribution in [0.25, 0.3) is 0 Å². The number of nitrogens with one attached hydrogen (secondary N) is 2. The van der Waals surface area contributed by atoms with Crippen molar-refractivity contribution in [2.45, 2.75) is 114 Å². The average molecular weight is 715 g/mol. The van der Waals surface area contributed by atoms with E-state index in [2.05, 4.69) is 39.8 Å². The minimum Gasteiger partial charge on any atom is -0.343 e. The number of likely N-dealkylation sites (tertiary alicyclic amines) is 2. The molecular weight excluding hydrogens is 652 g/mol. The standard InChI is InChI=1S/C42H62N6O4/c1-45-35(28-30-14-5-2-6-15-30)41(51)46-34(20-11-12-24-43)42(52)48-25-13-21-36(48)40(50)37(32-18-9-4-10-19-32)38(44)39(49)33-22-26-47(27-23-33)29-31-16-7-3-8-17-31/h2-3,5-8,14-17,32-38,45H,4,9-13,18-29,43-44H2,1H3,(H,46,51)/t34-,35-,36-,37?,38+/m0/s1. The lowest BCUT2D eigenvalue weighted by Gasteiger charge is -2.38. The summed E-state index contributed by atoms with van der Waals surface area (Å²) in [6.45, 7) is 3.44. The van der Waals surface area contributed by atoms with Gasteiger partial charge in [-0.15, -0.1) is 0 Å². The fraction of sp³-hybridized carbons (Fsp3) is 0.619. The van der Waals surface area contributed by atoms with Crippen LogP contribution in [0.4, 0.5) is 0 Å². The summed E-state index contributed by atoms with van der Waals surface area (Å²) in [5.74, 6) is -1.29. The monoisotopic (exact) mass is 714 g/mol. The van der Waals surface area contributed by atoms with Crippen LogP contribution in [0.3, 0.4) is 0 Å². The Morgan fingerprint density at radius 2 is 1.42 bits per heavy atom. The molecule has 2 aliphatic heterocycles. The number of hydrogen-bond acceptors (Lipinski definition) is 8. The Balaban J connectivity index is 1.28. The molecule has 1 saturated carbocycles. The van der Waals surface area contributed by atoms with Gasteiger partial charge in [-0.25, -0.2) is 0 Å². The number of carbonyl (C=O) groups is 4. The van der Waals surface area contributed by atoms with Gasteiger partial charge in [-0.1, -0.05) is 79.9 Å². The van der Waals surface area contributed by atoms with Crippen molar-refractivity contribution < 1.29 is 19.2 Å². The summed E-state index contributed by atoms with van der Waals surface area (Å²) in [7, 11) is 1.75. The SMILES string of the molecule is CN[C@@H](Cc1ccccc1)C(=O)N[C@@H](CCCCN)C(=O)N1CCC[C@H]1C(=O)C(C1CCCCC1)[C@@H](N)C(=O)C1CCN(Cc2ccccc2)CC1. The molecule has 2 saturated heterocycles. The molecule has 284 valence electrons. The van der Waals surface area contributed by atoms with Crippen LogP contribution in [-0.2, 0) is 32.1 Å². The predicted molar refractivity (Wildman–Crippen MR) is 205 cm³/mol. The minimum absolute atomic E-state index is 0.00241. The lowest BCUT2D eigenvalue weighted by Crippen LogP contribution is -2.57. The molecule has 0 radical (unpaired) electrons. The van der Waals surface area contributed by atoms with Gasteiger partial charge in [0.15, 0.2) is 11.6 Å². The average Bonchev–Trinajstić information content (AvgIpc) is 3.68. The number of rotatable bonds is 18. The van der Waals surface area contributed by atoms with E-state index in [1.165, 1.54) is 5.56 Å². The number of carbonyl (C=O) groups excluding carboxylic acids is 4. The van der Waals surface area contributed by atoms with E-state index in [4.69, 9.17) is 11.5 Å². The van der Waals surface area contributed by atoms with Crippen molar-refractivity contribution in [1.29, 1.82) is 0 Å². The van der Waals surface area contributed by atoms with E-state index in [-0.39, 0.29) is 35.2 Å². The van der Waals surface area contributed by atoms with Gasteiger partial charge in [0.2, 0.25) is 11.8 Å². The second kappa shape index (κ2) is 20.1. The third-order valence-electron chi connectivity index (χ3n) is 11.8. The highest BCUT2D eigenvalue weighted by Crippen LogP contribution is 2.36. The third-order valence-corrected chi connectivity index (χ3v) is 11.8. The number of nitrogens with two attached hydrogens (primary N) is 2. The van der Waals surface area contributed by atoms with E-state index >= 15 is 0 Å². The molecule has 10 nitrogen and oxygen atoms in total. The van der Waals surface area contributed by atoms with Gasteiger partial charge in [0.1, 0.15) is 6.04 Å². The Morgan fingerprint density at radius 1 is 0.769 bits per heavy atom. The summed E-state index contributed by atoms with van der Waals surface area (Å²) in [6, 6.07) is 17.4. The highest BCUT2D eigenvalue weighted by molar-refractivity contribution is 5.98. The largest absolute Gasteiger partial charge is 0.343 e. The van der Waals surface area contributed by atoms with E-state index in [1.54, 1.807) is 11.9 Å². The number of amides is 2. The molecule has 6 N–H and O–H groups in total. The molecule has 2 aromatic carbocycles. The van der Waals surface area contributed by atoms with Crippen molar-refractivity contribution in [3.8, 4) is 0 Å². The topological polar surface area (TPSA) is 151 Å². The van der Waals surface area contributed by atoms with E-state index in [0.717, 1.165) is 76.6 Å². The second-order valence-electron chi connectivity index (χ2n) is 15.4. The summed E-state index contributed by atoms with van der Waals surface area (Å²) < 4.78 is 0. The van der Waals surface area contributed by atoms with Gasteiger partial charge in [0, 0.05) is 24.9 Å². The summed E-state index contributed by atoms with van der Waals surface area (Å²) >= 11 is 0. The quantitative estimate of drug-likeness (QED) is 0.169. The van der Waals surface area contributed by atoms with Crippen molar-refractivity contribution in [1.82, 2.24) is 20.4 Å². The highest BCUT2D eigenvalue weighted by atomic mass is 16.2. The van der Waals surface area contributed by atoms with Gasteiger partial charge in [0.05, 0.1) is 18.1 Å². The van der Waals surface area contributed by atoms with Crippen LogP contribution in [0.2, 0.25) is 0 Å². The van der Waals surface area contributed by atoms with Crippen molar-refractivity contribution in [3.05, 3.63) is 71.8 Å². The number of benzene rings is 2. The van der Waals surface area contributed by atoms with Gasteiger partial charge in [-0.3, -0.25) is 24.1 Å². The van der Waals surface area contributed by atoms with Gasteiger partial charge in [-0.2, -0.15) is 0 Å². The van der Waals surface area contributed by atoms with Crippen LogP contribution in [0.5, 0.6) is 0 Å². The number of piperidine rings is 1. The summed E-state index contributed by atoms with van der Waals surface area (Å²) in [5, 5.41) is 6.16. The van der Waals surface area contributed by atoms with E-state index in [9.17, 15) is 19.2 Å². The number of likely N-dealkylation sites (N-methyl/N-ethyl adjacent to an activating group) is 1. The summed E-state index contributed by atoms with van der Waals surface area (Å²) in [4.78, 5) is 61.0. The second-order valence-corrected chi connectivity index (χ2v) is 15.4. The minimum atomic E-state index is -0.881. The molecule has 2 heterocycles. The van der Waals surface area contributed by atoms with Crippen LogP contribution >= 0.6 is 0 Å². The zero-order chi connectivity index (χ0) is 36.9. The third kappa shape index (κ3) is 10.6. The molecule has 1 aliphatic carbocycles. The maximum atomic E-state index is 14.8.